The van der Waals surface area contributed by atoms with Gasteiger partial charge < -0.3 is 20.1 Å². The third-order valence-corrected chi connectivity index (χ3v) is 3.25. The van der Waals surface area contributed by atoms with E-state index in [-0.39, 0.29) is 22.3 Å². The Balaban J connectivity index is 2.14. The van der Waals surface area contributed by atoms with Gasteiger partial charge in [-0.15, -0.1) is 0 Å². The van der Waals surface area contributed by atoms with Gasteiger partial charge in [0.05, 0.1) is 0 Å². The van der Waals surface area contributed by atoms with Gasteiger partial charge in [-0.05, 0) is 36.5 Å². The maximum atomic E-state index is 12.9. The van der Waals surface area contributed by atoms with Crippen molar-refractivity contribution in [3.8, 4) is 11.5 Å². The van der Waals surface area contributed by atoms with Crippen LogP contribution in [0.2, 0.25) is 0 Å². The summed E-state index contributed by atoms with van der Waals surface area (Å²) in [6.45, 7) is -3.29. The van der Waals surface area contributed by atoms with Crippen molar-refractivity contribution in [3.63, 3.8) is 0 Å². The van der Waals surface area contributed by atoms with Crippen LogP contribution in [0, 0.1) is 5.82 Å². The van der Waals surface area contributed by atoms with E-state index in [2.05, 4.69) is 20.1 Å². The van der Waals surface area contributed by atoms with Crippen LogP contribution in [0.15, 0.2) is 42.5 Å². The van der Waals surface area contributed by atoms with E-state index in [1.807, 2.05) is 0 Å². The van der Waals surface area contributed by atoms with Crippen LogP contribution in [-0.2, 0) is 0 Å². The summed E-state index contributed by atoms with van der Waals surface area (Å²) in [5, 5.41) is 5.22. The van der Waals surface area contributed by atoms with Crippen molar-refractivity contribution in [2.45, 2.75) is 12.4 Å². The van der Waals surface area contributed by atoms with Crippen LogP contribution in [0.3, 0.4) is 0 Å². The molecule has 0 bridgehead atoms. The molecular formula is C17H13F7N2O2S. The van der Waals surface area contributed by atoms with E-state index in [1.54, 1.807) is 0 Å². The Kier molecular flexibility index (Phi) is 7.11. The minimum atomic E-state index is -4.64. The number of thiocarbonyl (C=S) groups is 1. The van der Waals surface area contributed by atoms with E-state index in [0.717, 1.165) is 18.2 Å². The van der Waals surface area contributed by atoms with E-state index in [0.29, 0.717) is 5.69 Å². The topological polar surface area (TPSA) is 42.5 Å². The van der Waals surface area contributed by atoms with Gasteiger partial charge in [0.25, 0.3) is 0 Å². The molecule has 12 heteroatoms. The molecule has 2 aromatic rings. The Labute approximate surface area is 165 Å². The third-order valence-electron chi connectivity index (χ3n) is 3.04. The molecule has 158 valence electrons. The van der Waals surface area contributed by atoms with Crippen LogP contribution in [0.25, 0.3) is 0 Å². The summed E-state index contributed by atoms with van der Waals surface area (Å²) in [6, 6.07) is 8.18. The minimum absolute atomic E-state index is 0.0152. The van der Waals surface area contributed by atoms with Crippen LogP contribution in [0.4, 0.5) is 42.1 Å². The Bertz CT molecular complexity index is 803. The number of rotatable bonds is 6. The lowest BCUT2D eigenvalue weighted by atomic mass is 10.2. The number of hydrogen-bond acceptors (Lipinski definition) is 3. The van der Waals surface area contributed by atoms with Gasteiger partial charge >= 0.3 is 12.4 Å². The average Bonchev–Trinajstić information content (AvgIpc) is 2.59. The molecule has 0 atom stereocenters. The summed E-state index contributed by atoms with van der Waals surface area (Å²) in [5.74, 6) is -1.24. The summed E-state index contributed by atoms with van der Waals surface area (Å²) in [5.41, 5.74) is 0.420. The Morgan fingerprint density at radius 3 is 1.66 bits per heavy atom. The fraction of sp³-hybridized carbons (Fsp3) is 0.235. The minimum Gasteiger partial charge on any atom is -0.484 e. The van der Waals surface area contributed by atoms with Crippen molar-refractivity contribution in [2.24, 2.45) is 0 Å². The molecule has 0 fully saturated rings. The molecule has 0 aliphatic heterocycles. The number of alkyl halides is 6. The second-order valence-corrected chi connectivity index (χ2v) is 6.00. The molecule has 29 heavy (non-hydrogen) atoms. The van der Waals surface area contributed by atoms with E-state index in [4.69, 9.17) is 12.2 Å². The van der Waals surface area contributed by atoms with Crippen molar-refractivity contribution in [3.05, 3.63) is 48.3 Å². The normalized spacial score (nSPS) is 11.7. The number of nitrogens with one attached hydrogen (secondary N) is 2. The molecule has 0 aliphatic carbocycles. The Hall–Kier alpha value is -2.76. The molecule has 0 unspecified atom stereocenters. The number of ether oxygens (including phenoxy) is 2. The molecule has 2 aromatic carbocycles. The Morgan fingerprint density at radius 1 is 0.759 bits per heavy atom. The number of hydrogen-bond donors (Lipinski definition) is 2. The summed E-state index contributed by atoms with van der Waals surface area (Å²) >= 11 is 5.03. The van der Waals surface area contributed by atoms with Crippen molar-refractivity contribution < 1.29 is 40.2 Å². The zero-order chi connectivity index (χ0) is 21.7. The highest BCUT2D eigenvalue weighted by Gasteiger charge is 2.30. The summed E-state index contributed by atoms with van der Waals surface area (Å²) < 4.78 is 96.1. The lowest BCUT2D eigenvalue weighted by Crippen LogP contribution is -2.21. The predicted octanol–water partition coefficient (Wildman–Crippen LogP) is 5.52. The monoisotopic (exact) mass is 442 g/mol. The van der Waals surface area contributed by atoms with E-state index in [1.165, 1.54) is 24.3 Å². The molecule has 0 radical (unpaired) electrons. The quantitative estimate of drug-likeness (QED) is 0.456. The van der Waals surface area contributed by atoms with Crippen molar-refractivity contribution in [1.82, 2.24) is 0 Å². The van der Waals surface area contributed by atoms with Gasteiger partial charge in [0.2, 0.25) is 0 Å². The van der Waals surface area contributed by atoms with Crippen LogP contribution < -0.4 is 20.1 Å². The van der Waals surface area contributed by atoms with Crippen molar-refractivity contribution in [2.75, 3.05) is 23.8 Å². The van der Waals surface area contributed by atoms with Crippen LogP contribution in [0.5, 0.6) is 11.5 Å². The summed E-state index contributed by atoms with van der Waals surface area (Å²) in [4.78, 5) is 0. The highest BCUT2D eigenvalue weighted by molar-refractivity contribution is 7.80. The first-order valence-electron chi connectivity index (χ1n) is 7.77. The van der Waals surface area contributed by atoms with E-state index < -0.39 is 31.4 Å². The van der Waals surface area contributed by atoms with Crippen molar-refractivity contribution in [1.29, 1.82) is 0 Å². The van der Waals surface area contributed by atoms with Gasteiger partial charge in [0, 0.05) is 29.6 Å². The fourth-order valence-corrected chi connectivity index (χ4v) is 2.20. The largest absolute Gasteiger partial charge is 0.484 e. The van der Waals surface area contributed by atoms with Gasteiger partial charge in [0.15, 0.2) is 18.3 Å². The maximum Gasteiger partial charge on any atom is 0.422 e. The first-order chi connectivity index (χ1) is 13.4. The second kappa shape index (κ2) is 9.16. The van der Waals surface area contributed by atoms with Crippen LogP contribution >= 0.6 is 12.2 Å². The van der Waals surface area contributed by atoms with E-state index >= 15 is 0 Å². The van der Waals surface area contributed by atoms with Crippen LogP contribution in [-0.4, -0.2) is 30.7 Å². The summed E-state index contributed by atoms with van der Waals surface area (Å²) in [6.07, 6.45) is -9.29. The first kappa shape index (κ1) is 22.5. The third kappa shape index (κ3) is 8.85. The number of anilines is 2. The molecule has 2 rings (SSSR count). The fourth-order valence-electron chi connectivity index (χ4n) is 1.97. The van der Waals surface area contributed by atoms with Gasteiger partial charge in [0.1, 0.15) is 17.3 Å². The molecule has 0 saturated heterocycles. The second-order valence-electron chi connectivity index (χ2n) is 5.59. The SMILES string of the molecule is Fc1ccc(NC(=S)Nc2cc(OCC(F)(F)F)cc(OCC(F)(F)F)c2)cc1. The Morgan fingerprint density at radius 2 is 1.21 bits per heavy atom. The molecular weight excluding hydrogens is 429 g/mol. The molecule has 0 heterocycles. The molecule has 4 nitrogen and oxygen atoms in total. The molecule has 0 aliphatic rings. The van der Waals surface area contributed by atoms with Gasteiger partial charge in [-0.2, -0.15) is 26.3 Å². The number of halogens is 7. The number of benzene rings is 2. The predicted molar refractivity (Wildman–Crippen MR) is 95.8 cm³/mol. The summed E-state index contributed by atoms with van der Waals surface area (Å²) in [7, 11) is 0. The molecule has 0 spiro atoms. The van der Waals surface area contributed by atoms with Crippen molar-refractivity contribution >= 4 is 28.7 Å². The van der Waals surface area contributed by atoms with Gasteiger partial charge in [-0.25, -0.2) is 4.39 Å². The highest BCUT2D eigenvalue weighted by Crippen LogP contribution is 2.29. The van der Waals surface area contributed by atoms with E-state index in [9.17, 15) is 30.7 Å². The molecule has 0 aromatic heterocycles. The zero-order valence-corrected chi connectivity index (χ0v) is 15.1. The average molecular weight is 442 g/mol. The maximum absolute atomic E-state index is 12.9. The standard InChI is InChI=1S/C17H13F7N2O2S/c18-10-1-3-11(4-2-10)25-15(29)26-12-5-13(27-8-16(19,20)21)7-14(6-12)28-9-17(22,23)24/h1-7H,8-9H2,(H2,25,26,29). The highest BCUT2D eigenvalue weighted by atomic mass is 32.1. The van der Waals surface area contributed by atoms with Crippen LogP contribution in [0.1, 0.15) is 0 Å². The smallest absolute Gasteiger partial charge is 0.422 e. The molecule has 0 saturated carbocycles. The molecule has 2 N–H and O–H groups in total. The first-order valence-corrected chi connectivity index (χ1v) is 8.18. The van der Waals surface area contributed by atoms with Gasteiger partial charge in [-0.1, -0.05) is 0 Å². The van der Waals surface area contributed by atoms with Gasteiger partial charge in [-0.3, -0.25) is 0 Å². The zero-order valence-electron chi connectivity index (χ0n) is 14.3. The lowest BCUT2D eigenvalue weighted by molar-refractivity contribution is -0.153. The lowest BCUT2D eigenvalue weighted by Gasteiger charge is -2.16. The molecule has 0 amide bonds.